The van der Waals surface area contributed by atoms with Crippen molar-refractivity contribution < 1.29 is 0 Å². The molecule has 0 saturated heterocycles. The van der Waals surface area contributed by atoms with Gasteiger partial charge in [0.25, 0.3) is 0 Å². The lowest BCUT2D eigenvalue weighted by Gasteiger charge is -2.11. The predicted octanol–water partition coefficient (Wildman–Crippen LogP) is 4.31. The molecule has 0 radical (unpaired) electrons. The molecule has 18 heavy (non-hydrogen) atoms. The summed E-state index contributed by atoms with van der Waals surface area (Å²) in [6.07, 6.45) is 12.0. The number of hydrogen-bond acceptors (Lipinski definition) is 2. The minimum Gasteiger partial charge on any atom is -0.356 e. The minimum atomic E-state index is 0.661. The zero-order chi connectivity index (χ0) is 13.2. The zero-order valence-electron chi connectivity index (χ0n) is 12.3. The maximum absolute atomic E-state index is 4.37. The Kier molecular flexibility index (Phi) is 7.54. The third-order valence-corrected chi connectivity index (χ3v) is 3.09. The van der Waals surface area contributed by atoms with Gasteiger partial charge in [-0.1, -0.05) is 52.9 Å². The maximum atomic E-state index is 4.37. The normalized spacial score (nSPS) is 11.1. The second-order valence-electron chi connectivity index (χ2n) is 5.49. The molecule has 3 heteroatoms. The van der Waals surface area contributed by atoms with E-state index in [0.29, 0.717) is 5.92 Å². The standard InChI is InChI=1S/C15H29N3/c1-4-5-6-7-8-9-10-16-15-17-11-12-18(15)13-14(2)3/h11-12,14H,4-10,13H2,1-3H3,(H,16,17). The SMILES string of the molecule is CCCCCCCCNc1nccn1CC(C)C. The Balaban J connectivity index is 2.13. The number of unbranched alkanes of at least 4 members (excludes halogenated alkanes) is 5. The third kappa shape index (κ3) is 6.08. The fourth-order valence-corrected chi connectivity index (χ4v) is 2.12. The number of anilines is 1. The van der Waals surface area contributed by atoms with Gasteiger partial charge in [0, 0.05) is 25.5 Å². The molecule has 0 spiro atoms. The Morgan fingerprint density at radius 2 is 1.89 bits per heavy atom. The van der Waals surface area contributed by atoms with Crippen molar-refractivity contribution in [3.05, 3.63) is 12.4 Å². The summed E-state index contributed by atoms with van der Waals surface area (Å²) >= 11 is 0. The highest BCUT2D eigenvalue weighted by molar-refractivity contribution is 5.25. The molecule has 1 rings (SSSR count). The molecular weight excluding hydrogens is 222 g/mol. The fourth-order valence-electron chi connectivity index (χ4n) is 2.12. The molecule has 0 amide bonds. The zero-order valence-corrected chi connectivity index (χ0v) is 12.3. The molecule has 0 fully saturated rings. The van der Waals surface area contributed by atoms with Gasteiger partial charge in [-0.15, -0.1) is 0 Å². The number of rotatable bonds is 10. The molecule has 0 unspecified atom stereocenters. The summed E-state index contributed by atoms with van der Waals surface area (Å²) in [5.74, 6) is 1.69. The lowest BCUT2D eigenvalue weighted by atomic mass is 10.1. The van der Waals surface area contributed by atoms with Crippen LogP contribution in [0.15, 0.2) is 12.4 Å². The second-order valence-corrected chi connectivity index (χ2v) is 5.49. The second kappa shape index (κ2) is 9.01. The van der Waals surface area contributed by atoms with Gasteiger partial charge in [0.1, 0.15) is 0 Å². The van der Waals surface area contributed by atoms with Gasteiger partial charge in [-0.25, -0.2) is 4.98 Å². The van der Waals surface area contributed by atoms with Crippen LogP contribution in [0.5, 0.6) is 0 Å². The summed E-state index contributed by atoms with van der Waals surface area (Å²) in [5, 5.41) is 3.44. The van der Waals surface area contributed by atoms with E-state index in [1.807, 2.05) is 6.20 Å². The molecule has 0 aliphatic rings. The molecule has 0 aromatic carbocycles. The quantitative estimate of drug-likeness (QED) is 0.628. The molecule has 0 bridgehead atoms. The third-order valence-electron chi connectivity index (χ3n) is 3.09. The van der Waals surface area contributed by atoms with E-state index < -0.39 is 0 Å². The Labute approximate surface area is 112 Å². The van der Waals surface area contributed by atoms with Crippen LogP contribution in [0.4, 0.5) is 5.95 Å². The average Bonchev–Trinajstić information content (AvgIpc) is 2.75. The number of imidazole rings is 1. The highest BCUT2D eigenvalue weighted by Crippen LogP contribution is 2.09. The summed E-state index contributed by atoms with van der Waals surface area (Å²) in [6, 6.07) is 0. The molecular formula is C15H29N3. The molecule has 1 aromatic rings. The van der Waals surface area contributed by atoms with E-state index in [1.54, 1.807) is 0 Å². The summed E-state index contributed by atoms with van der Waals surface area (Å²) in [7, 11) is 0. The van der Waals surface area contributed by atoms with Crippen LogP contribution in [-0.4, -0.2) is 16.1 Å². The summed E-state index contributed by atoms with van der Waals surface area (Å²) in [6.45, 7) is 8.81. The van der Waals surface area contributed by atoms with Crippen molar-refractivity contribution in [2.45, 2.75) is 65.8 Å². The molecule has 0 aliphatic heterocycles. The van der Waals surface area contributed by atoms with Crippen LogP contribution in [0.3, 0.4) is 0 Å². The van der Waals surface area contributed by atoms with E-state index in [1.165, 1.54) is 38.5 Å². The van der Waals surface area contributed by atoms with Crippen LogP contribution in [-0.2, 0) is 6.54 Å². The number of hydrogen-bond donors (Lipinski definition) is 1. The van der Waals surface area contributed by atoms with E-state index in [2.05, 4.69) is 41.8 Å². The largest absolute Gasteiger partial charge is 0.356 e. The topological polar surface area (TPSA) is 29.9 Å². The Morgan fingerprint density at radius 1 is 1.17 bits per heavy atom. The Hall–Kier alpha value is -0.990. The van der Waals surface area contributed by atoms with E-state index in [4.69, 9.17) is 0 Å². The van der Waals surface area contributed by atoms with Crippen LogP contribution in [0.25, 0.3) is 0 Å². The minimum absolute atomic E-state index is 0.661. The molecule has 0 atom stereocenters. The van der Waals surface area contributed by atoms with Gasteiger partial charge < -0.3 is 9.88 Å². The van der Waals surface area contributed by atoms with Gasteiger partial charge in [0.05, 0.1) is 0 Å². The van der Waals surface area contributed by atoms with E-state index >= 15 is 0 Å². The van der Waals surface area contributed by atoms with Gasteiger partial charge in [0.2, 0.25) is 5.95 Å². The number of aromatic nitrogens is 2. The predicted molar refractivity (Wildman–Crippen MR) is 78.9 cm³/mol. The van der Waals surface area contributed by atoms with Crippen LogP contribution in [0.1, 0.15) is 59.3 Å². The average molecular weight is 251 g/mol. The lowest BCUT2D eigenvalue weighted by molar-refractivity contribution is 0.525. The Bertz CT molecular complexity index is 304. The monoisotopic (exact) mass is 251 g/mol. The highest BCUT2D eigenvalue weighted by atomic mass is 15.2. The smallest absolute Gasteiger partial charge is 0.202 e. The molecule has 3 nitrogen and oxygen atoms in total. The van der Waals surface area contributed by atoms with Crippen LogP contribution in [0.2, 0.25) is 0 Å². The van der Waals surface area contributed by atoms with Crippen LogP contribution >= 0.6 is 0 Å². The Morgan fingerprint density at radius 3 is 2.61 bits per heavy atom. The maximum Gasteiger partial charge on any atom is 0.202 e. The van der Waals surface area contributed by atoms with E-state index in [-0.39, 0.29) is 0 Å². The van der Waals surface area contributed by atoms with Gasteiger partial charge >= 0.3 is 0 Å². The highest BCUT2D eigenvalue weighted by Gasteiger charge is 2.03. The van der Waals surface area contributed by atoms with Gasteiger partial charge in [-0.2, -0.15) is 0 Å². The molecule has 1 heterocycles. The number of nitrogens with one attached hydrogen (secondary N) is 1. The first-order valence-corrected chi connectivity index (χ1v) is 7.49. The van der Waals surface area contributed by atoms with Crippen molar-refractivity contribution in [1.82, 2.24) is 9.55 Å². The van der Waals surface area contributed by atoms with Crippen molar-refractivity contribution in [2.75, 3.05) is 11.9 Å². The number of nitrogens with zero attached hydrogens (tertiary/aromatic N) is 2. The molecule has 0 aliphatic carbocycles. The molecule has 104 valence electrons. The molecule has 0 saturated carbocycles. The van der Waals surface area contributed by atoms with Crippen LogP contribution in [0, 0.1) is 5.92 Å². The van der Waals surface area contributed by atoms with Crippen molar-refractivity contribution in [2.24, 2.45) is 5.92 Å². The first-order chi connectivity index (χ1) is 8.74. The van der Waals surface area contributed by atoms with Crippen molar-refractivity contribution in [3.8, 4) is 0 Å². The van der Waals surface area contributed by atoms with Crippen molar-refractivity contribution >= 4 is 5.95 Å². The van der Waals surface area contributed by atoms with E-state index in [0.717, 1.165) is 19.0 Å². The van der Waals surface area contributed by atoms with E-state index in [9.17, 15) is 0 Å². The lowest BCUT2D eigenvalue weighted by Crippen LogP contribution is -2.11. The fraction of sp³-hybridized carbons (Fsp3) is 0.800. The van der Waals surface area contributed by atoms with Crippen molar-refractivity contribution in [3.63, 3.8) is 0 Å². The molecule has 1 aromatic heterocycles. The summed E-state index contributed by atoms with van der Waals surface area (Å²) in [5.41, 5.74) is 0. The first kappa shape index (κ1) is 15.1. The summed E-state index contributed by atoms with van der Waals surface area (Å²) in [4.78, 5) is 4.37. The molecule has 1 N–H and O–H groups in total. The summed E-state index contributed by atoms with van der Waals surface area (Å²) < 4.78 is 2.21. The van der Waals surface area contributed by atoms with Gasteiger partial charge in [-0.05, 0) is 12.3 Å². The van der Waals surface area contributed by atoms with Crippen LogP contribution < -0.4 is 5.32 Å². The first-order valence-electron chi connectivity index (χ1n) is 7.49. The van der Waals surface area contributed by atoms with Gasteiger partial charge in [-0.3, -0.25) is 0 Å². The van der Waals surface area contributed by atoms with Gasteiger partial charge in [0.15, 0.2) is 0 Å². The van der Waals surface area contributed by atoms with Crippen molar-refractivity contribution in [1.29, 1.82) is 0 Å².